The first kappa shape index (κ1) is 21.7. The van der Waals surface area contributed by atoms with Gasteiger partial charge in [0.15, 0.2) is 0 Å². The van der Waals surface area contributed by atoms with Gasteiger partial charge in [0.05, 0.1) is 6.54 Å². The maximum atomic E-state index is 12.7. The van der Waals surface area contributed by atoms with Crippen LogP contribution in [-0.2, 0) is 4.79 Å². The second kappa shape index (κ2) is 10.5. The number of halogens is 1. The third-order valence-corrected chi connectivity index (χ3v) is 4.13. The van der Waals surface area contributed by atoms with E-state index in [0.29, 0.717) is 24.4 Å². The van der Waals surface area contributed by atoms with Crippen LogP contribution in [0.5, 0.6) is 0 Å². The van der Waals surface area contributed by atoms with Crippen LogP contribution in [0, 0.1) is 11.8 Å². The molecule has 2 N–H and O–H groups in total. The van der Waals surface area contributed by atoms with Crippen molar-refractivity contribution >= 4 is 18.3 Å². The predicted octanol–water partition coefficient (Wildman–Crippen LogP) is 2.75. The first-order chi connectivity index (χ1) is 9.81. The number of carbonyl (C=O) groups is 1. The number of hydrogen-bond acceptors (Lipinski definition) is 3. The highest BCUT2D eigenvalue weighted by Gasteiger charge is 2.28. The summed E-state index contributed by atoms with van der Waals surface area (Å²) >= 11 is 0. The van der Waals surface area contributed by atoms with Crippen LogP contribution in [0.3, 0.4) is 0 Å². The molecule has 1 aliphatic heterocycles. The highest BCUT2D eigenvalue weighted by Crippen LogP contribution is 2.19. The zero-order valence-corrected chi connectivity index (χ0v) is 15.9. The Balaban J connectivity index is 0.00000441. The Bertz CT molecular complexity index is 311. The van der Waals surface area contributed by atoms with Crippen LogP contribution in [0.25, 0.3) is 0 Å². The van der Waals surface area contributed by atoms with Gasteiger partial charge >= 0.3 is 0 Å². The van der Waals surface area contributed by atoms with E-state index in [2.05, 4.69) is 39.5 Å². The zero-order chi connectivity index (χ0) is 16.0. The van der Waals surface area contributed by atoms with Crippen LogP contribution in [0.1, 0.15) is 53.9 Å². The Hall–Kier alpha value is -0.320. The van der Waals surface area contributed by atoms with E-state index >= 15 is 0 Å². The van der Waals surface area contributed by atoms with Crippen LogP contribution >= 0.6 is 12.4 Å². The summed E-state index contributed by atoms with van der Waals surface area (Å²) in [5, 5.41) is 0. The highest BCUT2D eigenvalue weighted by molar-refractivity contribution is 5.85. The number of nitrogens with two attached hydrogens (primary N) is 1. The van der Waals surface area contributed by atoms with Gasteiger partial charge in [-0.05, 0) is 38.1 Å². The Morgan fingerprint density at radius 1 is 1.14 bits per heavy atom. The van der Waals surface area contributed by atoms with Crippen LogP contribution in [-0.4, -0.2) is 54.0 Å². The maximum Gasteiger partial charge on any atom is 0.236 e. The molecule has 1 fully saturated rings. The molecule has 1 amide bonds. The number of nitrogens with zero attached hydrogens (tertiary/aromatic N) is 2. The summed E-state index contributed by atoms with van der Waals surface area (Å²) in [7, 11) is 0. The van der Waals surface area contributed by atoms with E-state index in [4.69, 9.17) is 5.73 Å². The Labute approximate surface area is 143 Å². The van der Waals surface area contributed by atoms with Crippen molar-refractivity contribution in [3.63, 3.8) is 0 Å². The van der Waals surface area contributed by atoms with E-state index in [-0.39, 0.29) is 24.4 Å². The fourth-order valence-electron chi connectivity index (χ4n) is 3.24. The van der Waals surface area contributed by atoms with Crippen molar-refractivity contribution in [2.24, 2.45) is 17.6 Å². The van der Waals surface area contributed by atoms with Crippen molar-refractivity contribution in [1.29, 1.82) is 0 Å². The predicted molar refractivity (Wildman–Crippen MR) is 96.4 cm³/mol. The number of amides is 1. The van der Waals surface area contributed by atoms with E-state index in [0.717, 1.165) is 26.1 Å². The molecule has 1 saturated heterocycles. The molecule has 2 unspecified atom stereocenters. The number of likely N-dealkylation sites (tertiary alicyclic amines) is 1. The molecule has 0 aromatic heterocycles. The zero-order valence-electron chi connectivity index (χ0n) is 15.0. The van der Waals surface area contributed by atoms with Gasteiger partial charge in [0.1, 0.15) is 0 Å². The quantitative estimate of drug-likeness (QED) is 0.779. The molecule has 0 spiro atoms. The van der Waals surface area contributed by atoms with Gasteiger partial charge in [0.25, 0.3) is 0 Å². The fourth-order valence-corrected chi connectivity index (χ4v) is 3.24. The standard InChI is InChI=1S/C17H35N3O.ClH/c1-13(2)10-20(11-14(3)4)17(21)12-19-9-7-6-8-16(19)15(5)18;/h13-16H,6-12,18H2,1-5H3;1H. The Morgan fingerprint density at radius 2 is 1.68 bits per heavy atom. The lowest BCUT2D eigenvalue weighted by Crippen LogP contribution is -2.53. The van der Waals surface area contributed by atoms with Crippen molar-refractivity contribution in [1.82, 2.24) is 9.80 Å². The SMILES string of the molecule is CC(C)CN(CC(C)C)C(=O)CN1CCCCC1C(C)N.Cl. The average Bonchev–Trinajstić information content (AvgIpc) is 2.37. The molecule has 22 heavy (non-hydrogen) atoms. The number of hydrogen-bond donors (Lipinski definition) is 1. The summed E-state index contributed by atoms with van der Waals surface area (Å²) in [6, 6.07) is 0.504. The van der Waals surface area contributed by atoms with Crippen LogP contribution < -0.4 is 5.73 Å². The lowest BCUT2D eigenvalue weighted by molar-refractivity contribution is -0.134. The minimum atomic E-state index is 0. The third kappa shape index (κ3) is 7.30. The topological polar surface area (TPSA) is 49.6 Å². The molecule has 4 nitrogen and oxygen atoms in total. The van der Waals surface area contributed by atoms with Crippen LogP contribution in [0.2, 0.25) is 0 Å². The molecule has 1 rings (SSSR count). The van der Waals surface area contributed by atoms with E-state index in [1.54, 1.807) is 0 Å². The monoisotopic (exact) mass is 333 g/mol. The molecular formula is C17H36ClN3O. The largest absolute Gasteiger partial charge is 0.341 e. The lowest BCUT2D eigenvalue weighted by Gasteiger charge is -2.39. The van der Waals surface area contributed by atoms with Crippen molar-refractivity contribution in [3.8, 4) is 0 Å². The molecule has 0 aliphatic carbocycles. The van der Waals surface area contributed by atoms with Crippen molar-refractivity contribution < 1.29 is 4.79 Å². The molecular weight excluding hydrogens is 298 g/mol. The molecule has 2 atom stereocenters. The summed E-state index contributed by atoms with van der Waals surface area (Å²) in [5.41, 5.74) is 6.10. The summed E-state index contributed by atoms with van der Waals surface area (Å²) in [6.45, 7) is 14.0. The maximum absolute atomic E-state index is 12.7. The van der Waals surface area contributed by atoms with Crippen molar-refractivity contribution in [2.75, 3.05) is 26.2 Å². The lowest BCUT2D eigenvalue weighted by atomic mass is 9.97. The highest BCUT2D eigenvalue weighted by atomic mass is 35.5. The van der Waals surface area contributed by atoms with Gasteiger partial charge in [-0.25, -0.2) is 0 Å². The molecule has 5 heteroatoms. The molecule has 1 aliphatic rings. The molecule has 0 radical (unpaired) electrons. The van der Waals surface area contributed by atoms with Crippen LogP contribution in [0.15, 0.2) is 0 Å². The van der Waals surface area contributed by atoms with Crippen LogP contribution in [0.4, 0.5) is 0 Å². The second-order valence-electron chi connectivity index (χ2n) is 7.48. The summed E-state index contributed by atoms with van der Waals surface area (Å²) in [6.07, 6.45) is 3.54. The first-order valence-corrected chi connectivity index (χ1v) is 8.58. The van der Waals surface area contributed by atoms with Gasteiger partial charge < -0.3 is 10.6 Å². The summed E-state index contributed by atoms with van der Waals surface area (Å²) < 4.78 is 0. The molecule has 0 aromatic rings. The molecule has 132 valence electrons. The van der Waals surface area contributed by atoms with E-state index in [9.17, 15) is 4.79 Å². The van der Waals surface area contributed by atoms with Gasteiger partial charge in [0.2, 0.25) is 5.91 Å². The van der Waals surface area contributed by atoms with E-state index in [1.807, 2.05) is 4.90 Å². The number of piperidine rings is 1. The van der Waals surface area contributed by atoms with Gasteiger partial charge in [-0.1, -0.05) is 34.1 Å². The molecule has 0 bridgehead atoms. The molecule has 0 saturated carbocycles. The van der Waals surface area contributed by atoms with Crippen molar-refractivity contribution in [3.05, 3.63) is 0 Å². The third-order valence-electron chi connectivity index (χ3n) is 4.13. The smallest absolute Gasteiger partial charge is 0.236 e. The average molecular weight is 334 g/mol. The number of rotatable bonds is 7. The van der Waals surface area contributed by atoms with E-state index in [1.165, 1.54) is 12.8 Å². The minimum absolute atomic E-state index is 0. The normalized spacial score (nSPS) is 20.8. The second-order valence-corrected chi connectivity index (χ2v) is 7.48. The summed E-state index contributed by atoms with van der Waals surface area (Å²) in [4.78, 5) is 17.0. The van der Waals surface area contributed by atoms with Gasteiger partial charge in [-0.3, -0.25) is 9.69 Å². The molecule has 0 aromatic carbocycles. The number of carbonyl (C=O) groups excluding carboxylic acids is 1. The van der Waals surface area contributed by atoms with Gasteiger partial charge in [-0.15, -0.1) is 12.4 Å². The summed E-state index contributed by atoms with van der Waals surface area (Å²) in [5.74, 6) is 1.29. The fraction of sp³-hybridized carbons (Fsp3) is 0.941. The Kier molecular flexibility index (Phi) is 10.3. The minimum Gasteiger partial charge on any atom is -0.341 e. The first-order valence-electron chi connectivity index (χ1n) is 8.58. The molecule has 1 heterocycles. The van der Waals surface area contributed by atoms with Gasteiger partial charge in [-0.2, -0.15) is 0 Å². The van der Waals surface area contributed by atoms with Gasteiger partial charge in [0, 0.05) is 25.2 Å². The van der Waals surface area contributed by atoms with E-state index < -0.39 is 0 Å². The van der Waals surface area contributed by atoms with Crippen molar-refractivity contribution in [2.45, 2.75) is 66.0 Å². The Morgan fingerprint density at radius 3 is 2.14 bits per heavy atom.